The molecule has 1 aliphatic rings. The molecule has 7 nitrogen and oxygen atoms in total. The number of carbonyl (C=O) groups is 3. The van der Waals surface area contributed by atoms with Crippen molar-refractivity contribution in [1.82, 2.24) is 4.90 Å². The van der Waals surface area contributed by atoms with Crippen LogP contribution in [0, 0.1) is 0 Å². The third-order valence-electron chi connectivity index (χ3n) is 6.01. The lowest BCUT2D eigenvalue weighted by Crippen LogP contribution is -2.31. The number of carbonyl (C=O) groups excluding carboxylic acids is 3. The fraction of sp³-hybridized carbons (Fsp3) is 0.179. The Bertz CT molecular complexity index is 1280. The second-order valence-corrected chi connectivity index (χ2v) is 8.07. The molecule has 35 heavy (non-hydrogen) atoms. The maximum absolute atomic E-state index is 13.2. The van der Waals surface area contributed by atoms with Gasteiger partial charge in [-0.2, -0.15) is 0 Å². The average molecular weight is 472 g/mol. The van der Waals surface area contributed by atoms with Gasteiger partial charge in [0.25, 0.3) is 11.7 Å². The predicted molar refractivity (Wildman–Crippen MR) is 130 cm³/mol. The van der Waals surface area contributed by atoms with Crippen molar-refractivity contribution in [2.75, 3.05) is 20.8 Å². The van der Waals surface area contributed by atoms with Crippen molar-refractivity contribution in [3.63, 3.8) is 0 Å². The zero-order valence-corrected chi connectivity index (χ0v) is 19.4. The van der Waals surface area contributed by atoms with Crippen LogP contribution < -0.4 is 4.74 Å². The van der Waals surface area contributed by atoms with Crippen molar-refractivity contribution in [1.29, 1.82) is 0 Å². The van der Waals surface area contributed by atoms with E-state index in [0.29, 0.717) is 28.9 Å². The Morgan fingerprint density at radius 1 is 0.914 bits per heavy atom. The molecule has 0 radical (unpaired) electrons. The number of ether oxygens (including phenoxy) is 2. The van der Waals surface area contributed by atoms with Crippen molar-refractivity contribution in [3.05, 3.63) is 107 Å². The van der Waals surface area contributed by atoms with Crippen LogP contribution >= 0.6 is 0 Å². The molecule has 0 aromatic heterocycles. The Labute approximate surface area is 203 Å². The van der Waals surface area contributed by atoms with Gasteiger partial charge in [0.15, 0.2) is 0 Å². The summed E-state index contributed by atoms with van der Waals surface area (Å²) >= 11 is 0. The van der Waals surface area contributed by atoms with Crippen molar-refractivity contribution >= 4 is 23.4 Å². The molecule has 1 fully saturated rings. The van der Waals surface area contributed by atoms with Crippen LogP contribution in [0.15, 0.2) is 84.4 Å². The number of hydrogen-bond donors (Lipinski definition) is 1. The molecule has 1 heterocycles. The number of aliphatic hydroxyl groups is 1. The fourth-order valence-corrected chi connectivity index (χ4v) is 4.20. The second kappa shape index (κ2) is 10.3. The first-order valence-corrected chi connectivity index (χ1v) is 11.1. The number of likely N-dealkylation sites (tertiary alicyclic amines) is 1. The minimum Gasteiger partial charge on any atom is -0.507 e. The molecule has 1 unspecified atom stereocenters. The monoisotopic (exact) mass is 471 g/mol. The summed E-state index contributed by atoms with van der Waals surface area (Å²) in [5.41, 5.74) is 2.30. The van der Waals surface area contributed by atoms with E-state index < -0.39 is 23.7 Å². The molecule has 3 aromatic rings. The molecular formula is C28H25NO6. The van der Waals surface area contributed by atoms with Gasteiger partial charge in [-0.15, -0.1) is 0 Å². The standard InChI is InChI=1S/C28H25NO6/c1-34-22-10-6-9-21(17-22)25(30)23-24(19-11-13-20(14-12-19)28(33)35-2)29(27(32)26(23)31)16-15-18-7-4-3-5-8-18/h3-14,17,24,30H,15-16H2,1-2H3. The van der Waals surface area contributed by atoms with E-state index in [-0.39, 0.29) is 17.9 Å². The highest BCUT2D eigenvalue weighted by atomic mass is 16.5. The molecule has 0 saturated carbocycles. The van der Waals surface area contributed by atoms with Crippen LogP contribution in [0.2, 0.25) is 0 Å². The lowest BCUT2D eigenvalue weighted by atomic mass is 9.94. The van der Waals surface area contributed by atoms with E-state index in [1.807, 2.05) is 30.3 Å². The number of aliphatic hydroxyl groups excluding tert-OH is 1. The molecule has 1 aliphatic heterocycles. The summed E-state index contributed by atoms with van der Waals surface area (Å²) in [4.78, 5) is 39.7. The molecule has 0 aliphatic carbocycles. The molecule has 1 amide bonds. The van der Waals surface area contributed by atoms with E-state index in [0.717, 1.165) is 5.56 Å². The van der Waals surface area contributed by atoms with E-state index in [4.69, 9.17) is 9.47 Å². The number of Topliss-reactive ketones (excluding diaryl/α,β-unsaturated/α-hetero) is 1. The van der Waals surface area contributed by atoms with Gasteiger partial charge in [-0.1, -0.05) is 54.6 Å². The number of amides is 1. The van der Waals surface area contributed by atoms with Gasteiger partial charge >= 0.3 is 5.97 Å². The highest BCUT2D eigenvalue weighted by molar-refractivity contribution is 6.46. The minimum atomic E-state index is -0.823. The van der Waals surface area contributed by atoms with Gasteiger partial charge in [0.2, 0.25) is 0 Å². The van der Waals surface area contributed by atoms with Crippen LogP contribution in [-0.4, -0.2) is 48.4 Å². The van der Waals surface area contributed by atoms with Gasteiger partial charge < -0.3 is 19.5 Å². The van der Waals surface area contributed by atoms with Crippen molar-refractivity contribution in [2.45, 2.75) is 12.5 Å². The Morgan fingerprint density at radius 2 is 1.63 bits per heavy atom. The Hall–Kier alpha value is -4.39. The first-order valence-electron chi connectivity index (χ1n) is 11.1. The molecule has 1 atom stereocenters. The number of esters is 1. The SMILES string of the molecule is COC(=O)c1ccc(C2C(=C(O)c3cccc(OC)c3)C(=O)C(=O)N2CCc2ccccc2)cc1. The molecule has 1 saturated heterocycles. The van der Waals surface area contributed by atoms with E-state index >= 15 is 0 Å². The smallest absolute Gasteiger partial charge is 0.337 e. The van der Waals surface area contributed by atoms with Crippen LogP contribution in [0.1, 0.15) is 33.1 Å². The first-order chi connectivity index (χ1) is 16.9. The zero-order valence-electron chi connectivity index (χ0n) is 19.4. The van der Waals surface area contributed by atoms with Gasteiger partial charge in [0, 0.05) is 12.1 Å². The number of rotatable bonds is 7. The number of ketones is 1. The summed E-state index contributed by atoms with van der Waals surface area (Å²) < 4.78 is 10.0. The van der Waals surface area contributed by atoms with E-state index in [1.165, 1.54) is 19.1 Å². The number of methoxy groups -OCH3 is 2. The lowest BCUT2D eigenvalue weighted by molar-refractivity contribution is -0.139. The highest BCUT2D eigenvalue weighted by Crippen LogP contribution is 2.40. The van der Waals surface area contributed by atoms with Gasteiger partial charge in [-0.3, -0.25) is 9.59 Å². The molecule has 3 aromatic carbocycles. The summed E-state index contributed by atoms with van der Waals surface area (Å²) in [6.45, 7) is 0.271. The predicted octanol–water partition coefficient (Wildman–Crippen LogP) is 4.15. The van der Waals surface area contributed by atoms with Gasteiger partial charge in [-0.05, 0) is 41.8 Å². The highest BCUT2D eigenvalue weighted by Gasteiger charge is 2.45. The topological polar surface area (TPSA) is 93.1 Å². The summed E-state index contributed by atoms with van der Waals surface area (Å²) in [6, 6.07) is 21.9. The fourth-order valence-electron chi connectivity index (χ4n) is 4.20. The van der Waals surface area contributed by atoms with Crippen LogP contribution in [0.25, 0.3) is 5.76 Å². The third kappa shape index (κ3) is 4.80. The Balaban J connectivity index is 1.79. The summed E-state index contributed by atoms with van der Waals surface area (Å²) in [5, 5.41) is 11.2. The zero-order chi connectivity index (χ0) is 24.9. The van der Waals surface area contributed by atoms with Crippen LogP contribution in [0.4, 0.5) is 0 Å². The van der Waals surface area contributed by atoms with Gasteiger partial charge in [0.1, 0.15) is 11.5 Å². The molecule has 178 valence electrons. The minimum absolute atomic E-state index is 0.0119. The summed E-state index contributed by atoms with van der Waals surface area (Å²) in [5.74, 6) is -1.73. The lowest BCUT2D eigenvalue weighted by Gasteiger charge is -2.25. The third-order valence-corrected chi connectivity index (χ3v) is 6.01. The maximum atomic E-state index is 13.2. The molecule has 0 spiro atoms. The van der Waals surface area contributed by atoms with Gasteiger partial charge in [-0.25, -0.2) is 4.79 Å². The van der Waals surface area contributed by atoms with Crippen LogP contribution in [0.5, 0.6) is 5.75 Å². The van der Waals surface area contributed by atoms with Crippen molar-refractivity contribution in [3.8, 4) is 5.75 Å². The quantitative estimate of drug-likeness (QED) is 0.241. The number of hydrogen-bond acceptors (Lipinski definition) is 6. The van der Waals surface area contributed by atoms with Crippen molar-refractivity contribution < 1.29 is 29.0 Å². The number of benzene rings is 3. The normalized spacial score (nSPS) is 16.9. The first kappa shape index (κ1) is 23.8. The Kier molecular flexibility index (Phi) is 6.96. The molecule has 7 heteroatoms. The summed E-state index contributed by atoms with van der Waals surface area (Å²) in [7, 11) is 2.80. The maximum Gasteiger partial charge on any atom is 0.337 e. The van der Waals surface area contributed by atoms with Gasteiger partial charge in [0.05, 0.1) is 31.4 Å². The molecule has 1 N–H and O–H groups in total. The number of nitrogens with zero attached hydrogens (tertiary/aromatic N) is 1. The van der Waals surface area contributed by atoms with Crippen molar-refractivity contribution in [2.24, 2.45) is 0 Å². The molecule has 4 rings (SSSR count). The average Bonchev–Trinajstić information content (AvgIpc) is 3.16. The van der Waals surface area contributed by atoms with E-state index in [9.17, 15) is 19.5 Å². The molecular weight excluding hydrogens is 446 g/mol. The van der Waals surface area contributed by atoms with E-state index in [2.05, 4.69) is 0 Å². The van der Waals surface area contributed by atoms with Crippen LogP contribution in [0.3, 0.4) is 0 Å². The molecule has 0 bridgehead atoms. The second-order valence-electron chi connectivity index (χ2n) is 8.07. The largest absolute Gasteiger partial charge is 0.507 e. The Morgan fingerprint density at radius 3 is 2.29 bits per heavy atom. The van der Waals surface area contributed by atoms with E-state index in [1.54, 1.807) is 48.5 Å². The summed E-state index contributed by atoms with van der Waals surface area (Å²) in [6.07, 6.45) is 0.532. The van der Waals surface area contributed by atoms with Crippen LogP contribution in [-0.2, 0) is 20.7 Å².